The van der Waals surface area contributed by atoms with Crippen LogP contribution in [0.5, 0.6) is 5.75 Å². The van der Waals surface area contributed by atoms with E-state index < -0.39 is 5.41 Å². The van der Waals surface area contributed by atoms with Gasteiger partial charge in [-0.2, -0.15) is 0 Å². The van der Waals surface area contributed by atoms with Gasteiger partial charge in [0.05, 0.1) is 12.8 Å². The minimum absolute atomic E-state index is 0.0959. The van der Waals surface area contributed by atoms with E-state index in [4.69, 9.17) is 4.74 Å². The van der Waals surface area contributed by atoms with Crippen molar-refractivity contribution in [3.63, 3.8) is 0 Å². The molecule has 2 amide bonds. The van der Waals surface area contributed by atoms with Gasteiger partial charge in [0.2, 0.25) is 11.8 Å². The molecule has 1 atom stereocenters. The molecule has 24 heavy (non-hydrogen) atoms. The Balaban J connectivity index is 2.15. The Hall–Kier alpha value is -2.04. The molecule has 1 aromatic carbocycles. The highest BCUT2D eigenvalue weighted by molar-refractivity contribution is 6.10. The summed E-state index contributed by atoms with van der Waals surface area (Å²) in [5, 5.41) is 2.84. The van der Waals surface area contributed by atoms with Gasteiger partial charge in [-0.3, -0.25) is 9.59 Å². The normalized spacial score (nSPS) is 18.2. The lowest BCUT2D eigenvalue weighted by Crippen LogP contribution is -2.52. The average molecular weight is 332 g/mol. The predicted molar refractivity (Wildman–Crippen MR) is 95.0 cm³/mol. The number of nitrogens with zero attached hydrogens (tertiary/aromatic N) is 1. The van der Waals surface area contributed by atoms with Crippen molar-refractivity contribution in [2.45, 2.75) is 52.5 Å². The lowest BCUT2D eigenvalue weighted by Gasteiger charge is -2.39. The summed E-state index contributed by atoms with van der Waals surface area (Å²) in [5.41, 5.74) is -0.539. The fourth-order valence-electron chi connectivity index (χ4n) is 3.18. The second kappa shape index (κ2) is 7.69. The second-order valence-electron chi connectivity index (χ2n) is 6.84. The van der Waals surface area contributed by atoms with Gasteiger partial charge < -0.3 is 15.0 Å². The fourth-order valence-corrected chi connectivity index (χ4v) is 3.18. The highest BCUT2D eigenvalue weighted by Crippen LogP contribution is 2.30. The summed E-state index contributed by atoms with van der Waals surface area (Å²) in [6.45, 7) is 6.23. The molecule has 1 aliphatic heterocycles. The number of nitrogens with one attached hydrogen (secondary N) is 1. The smallest absolute Gasteiger partial charge is 0.239 e. The van der Waals surface area contributed by atoms with Gasteiger partial charge in [0.15, 0.2) is 0 Å². The van der Waals surface area contributed by atoms with Crippen molar-refractivity contribution >= 4 is 17.5 Å². The van der Waals surface area contributed by atoms with Crippen LogP contribution in [0.2, 0.25) is 0 Å². The van der Waals surface area contributed by atoms with Crippen LogP contribution in [0.25, 0.3) is 0 Å². The van der Waals surface area contributed by atoms with E-state index in [9.17, 15) is 9.59 Å². The Morgan fingerprint density at radius 1 is 1.29 bits per heavy atom. The molecule has 1 fully saturated rings. The van der Waals surface area contributed by atoms with Crippen LogP contribution >= 0.6 is 0 Å². The SMILES string of the molecule is CCC1CCCCN1C(=O)C(C)(C)C(=O)Nc1ccccc1OC. The number of carbonyl (C=O) groups is 2. The van der Waals surface area contributed by atoms with Crippen molar-refractivity contribution < 1.29 is 14.3 Å². The first-order valence-corrected chi connectivity index (χ1v) is 8.67. The molecule has 1 unspecified atom stereocenters. The minimum Gasteiger partial charge on any atom is -0.495 e. The molecule has 1 aromatic rings. The van der Waals surface area contributed by atoms with Gasteiger partial charge in [0, 0.05) is 12.6 Å². The number of hydrogen-bond acceptors (Lipinski definition) is 3. The van der Waals surface area contributed by atoms with E-state index in [1.165, 1.54) is 0 Å². The van der Waals surface area contributed by atoms with Crippen molar-refractivity contribution in [3.8, 4) is 5.75 Å². The Morgan fingerprint density at radius 3 is 2.67 bits per heavy atom. The van der Waals surface area contributed by atoms with Gasteiger partial charge in [0.25, 0.3) is 0 Å². The zero-order chi connectivity index (χ0) is 17.7. The molecule has 5 heteroatoms. The van der Waals surface area contributed by atoms with E-state index >= 15 is 0 Å². The molecule has 1 heterocycles. The van der Waals surface area contributed by atoms with E-state index in [-0.39, 0.29) is 17.9 Å². The first-order chi connectivity index (χ1) is 11.4. The van der Waals surface area contributed by atoms with Crippen LogP contribution in [0.1, 0.15) is 46.5 Å². The molecule has 2 rings (SSSR count). The zero-order valence-corrected chi connectivity index (χ0v) is 15.1. The number of anilines is 1. The van der Waals surface area contributed by atoms with Crippen LogP contribution in [0.15, 0.2) is 24.3 Å². The van der Waals surface area contributed by atoms with Gasteiger partial charge >= 0.3 is 0 Å². The summed E-state index contributed by atoms with van der Waals surface area (Å²) in [6.07, 6.45) is 4.10. The number of amides is 2. The van der Waals surface area contributed by atoms with Gasteiger partial charge in [-0.25, -0.2) is 0 Å². The van der Waals surface area contributed by atoms with Crippen molar-refractivity contribution in [1.29, 1.82) is 0 Å². The summed E-state index contributed by atoms with van der Waals surface area (Å²) >= 11 is 0. The summed E-state index contributed by atoms with van der Waals surface area (Å²) in [7, 11) is 1.56. The number of likely N-dealkylation sites (tertiary alicyclic amines) is 1. The molecule has 0 radical (unpaired) electrons. The average Bonchev–Trinajstić information content (AvgIpc) is 2.61. The Bertz CT molecular complexity index is 598. The largest absolute Gasteiger partial charge is 0.495 e. The molecular formula is C19H28N2O3. The van der Waals surface area contributed by atoms with Crippen LogP contribution < -0.4 is 10.1 Å². The minimum atomic E-state index is -1.12. The lowest BCUT2D eigenvalue weighted by molar-refractivity contribution is -0.149. The number of piperidine rings is 1. The Kier molecular flexibility index (Phi) is 5.86. The topological polar surface area (TPSA) is 58.6 Å². The number of hydrogen-bond donors (Lipinski definition) is 1. The molecule has 1 saturated heterocycles. The lowest BCUT2D eigenvalue weighted by atomic mass is 9.87. The summed E-state index contributed by atoms with van der Waals surface area (Å²) in [4.78, 5) is 27.7. The highest BCUT2D eigenvalue weighted by atomic mass is 16.5. The molecule has 1 aliphatic rings. The third-order valence-corrected chi connectivity index (χ3v) is 4.82. The van der Waals surface area contributed by atoms with Crippen LogP contribution in [-0.2, 0) is 9.59 Å². The second-order valence-corrected chi connectivity index (χ2v) is 6.84. The first-order valence-electron chi connectivity index (χ1n) is 8.67. The van der Waals surface area contributed by atoms with Gasteiger partial charge in [-0.1, -0.05) is 19.1 Å². The summed E-state index contributed by atoms with van der Waals surface area (Å²) < 4.78 is 5.26. The molecule has 132 valence electrons. The summed E-state index contributed by atoms with van der Waals surface area (Å²) in [5.74, 6) is 0.178. The van der Waals surface area contributed by atoms with E-state index in [0.717, 1.165) is 32.2 Å². The molecule has 5 nitrogen and oxygen atoms in total. The maximum atomic E-state index is 13.0. The predicted octanol–water partition coefficient (Wildman–Crippen LogP) is 3.45. The molecule has 0 spiro atoms. The molecule has 0 aromatic heterocycles. The van der Waals surface area contributed by atoms with E-state index in [0.29, 0.717) is 11.4 Å². The van der Waals surface area contributed by atoms with Gasteiger partial charge in [0.1, 0.15) is 11.2 Å². The van der Waals surface area contributed by atoms with Crippen molar-refractivity contribution in [1.82, 2.24) is 4.90 Å². The van der Waals surface area contributed by atoms with Crippen LogP contribution in [0, 0.1) is 5.41 Å². The van der Waals surface area contributed by atoms with Crippen molar-refractivity contribution in [2.75, 3.05) is 19.0 Å². The number of rotatable bonds is 5. The highest BCUT2D eigenvalue weighted by Gasteiger charge is 2.41. The Labute approximate surface area is 144 Å². The first kappa shape index (κ1) is 18.3. The fraction of sp³-hybridized carbons (Fsp3) is 0.579. The van der Waals surface area contributed by atoms with Crippen LogP contribution in [0.3, 0.4) is 0 Å². The number of carbonyl (C=O) groups excluding carboxylic acids is 2. The molecule has 0 bridgehead atoms. The Morgan fingerprint density at radius 2 is 2.00 bits per heavy atom. The molecule has 1 N–H and O–H groups in total. The third kappa shape index (κ3) is 3.71. The van der Waals surface area contributed by atoms with Crippen LogP contribution in [0.4, 0.5) is 5.69 Å². The number of para-hydroxylation sites is 2. The summed E-state index contributed by atoms with van der Waals surface area (Å²) in [6, 6.07) is 7.45. The zero-order valence-electron chi connectivity index (χ0n) is 15.1. The van der Waals surface area contributed by atoms with Crippen molar-refractivity contribution in [2.24, 2.45) is 5.41 Å². The third-order valence-electron chi connectivity index (χ3n) is 4.82. The van der Waals surface area contributed by atoms with E-state index in [1.807, 2.05) is 17.0 Å². The maximum Gasteiger partial charge on any atom is 0.239 e. The molecular weight excluding hydrogens is 304 g/mol. The number of benzene rings is 1. The molecule has 0 saturated carbocycles. The number of ether oxygens (including phenoxy) is 1. The van der Waals surface area contributed by atoms with Gasteiger partial charge in [-0.15, -0.1) is 0 Å². The standard InChI is InChI=1S/C19H28N2O3/c1-5-14-10-8-9-13-21(14)18(23)19(2,3)17(22)20-15-11-6-7-12-16(15)24-4/h6-7,11-12,14H,5,8-10,13H2,1-4H3,(H,20,22). The quantitative estimate of drug-likeness (QED) is 0.840. The van der Waals surface area contributed by atoms with Crippen molar-refractivity contribution in [3.05, 3.63) is 24.3 Å². The van der Waals surface area contributed by atoms with E-state index in [1.54, 1.807) is 33.1 Å². The monoisotopic (exact) mass is 332 g/mol. The van der Waals surface area contributed by atoms with Gasteiger partial charge in [-0.05, 0) is 51.7 Å². The molecule has 0 aliphatic carbocycles. The number of methoxy groups -OCH3 is 1. The van der Waals surface area contributed by atoms with Crippen LogP contribution in [-0.4, -0.2) is 36.4 Å². The maximum absolute atomic E-state index is 13.0. The van der Waals surface area contributed by atoms with E-state index in [2.05, 4.69) is 12.2 Å².